The molecule has 3 N–H and O–H groups in total. The summed E-state index contributed by atoms with van der Waals surface area (Å²) in [7, 11) is 0. The van der Waals surface area contributed by atoms with Crippen molar-refractivity contribution in [3.8, 4) is 0 Å². The molecule has 0 aromatic heterocycles. The van der Waals surface area contributed by atoms with E-state index in [1.807, 2.05) is 31.2 Å². The lowest BCUT2D eigenvalue weighted by Gasteiger charge is -2.38. The lowest BCUT2D eigenvalue weighted by atomic mass is 9.75. The number of carbonyl (C=O) groups is 1. The van der Waals surface area contributed by atoms with Crippen LogP contribution in [0.15, 0.2) is 24.3 Å². The Bertz CT molecular complexity index is 477. The summed E-state index contributed by atoms with van der Waals surface area (Å²) < 4.78 is 0. The van der Waals surface area contributed by atoms with E-state index in [2.05, 4.69) is 5.32 Å². The van der Waals surface area contributed by atoms with Gasteiger partial charge in [-0.15, -0.1) is 0 Å². The van der Waals surface area contributed by atoms with E-state index in [-0.39, 0.29) is 25.0 Å². The first-order valence-electron chi connectivity index (χ1n) is 6.80. The van der Waals surface area contributed by atoms with Crippen LogP contribution in [-0.4, -0.2) is 28.8 Å². The summed E-state index contributed by atoms with van der Waals surface area (Å²) in [4.78, 5) is 12.3. The molecule has 0 radical (unpaired) electrons. The Morgan fingerprint density at radius 2 is 2.10 bits per heavy atom. The normalized spacial score (nSPS) is 28.0. The van der Waals surface area contributed by atoms with Crippen LogP contribution in [0.4, 0.5) is 0 Å². The van der Waals surface area contributed by atoms with E-state index in [0.717, 1.165) is 12.0 Å². The first-order chi connectivity index (χ1) is 9.44. The molecule has 1 fully saturated rings. The molecule has 1 aliphatic rings. The molecule has 0 saturated carbocycles. The van der Waals surface area contributed by atoms with Crippen molar-refractivity contribution in [2.24, 2.45) is 5.41 Å². The van der Waals surface area contributed by atoms with Gasteiger partial charge in [-0.2, -0.15) is 0 Å². The zero-order valence-corrected chi connectivity index (χ0v) is 12.2. The average molecular weight is 298 g/mol. The van der Waals surface area contributed by atoms with E-state index in [9.17, 15) is 9.90 Å². The Morgan fingerprint density at radius 1 is 1.45 bits per heavy atom. The van der Waals surface area contributed by atoms with E-state index >= 15 is 0 Å². The SMILES string of the molecule is C[C@]1(CC(O)CO)CCC(c2ccc(Cl)cc2)NC1=O. The molecule has 0 bridgehead atoms. The van der Waals surface area contributed by atoms with E-state index in [0.29, 0.717) is 11.4 Å². The van der Waals surface area contributed by atoms with Crippen molar-refractivity contribution in [2.75, 3.05) is 6.61 Å². The molecule has 1 aromatic rings. The largest absolute Gasteiger partial charge is 0.394 e. The van der Waals surface area contributed by atoms with Crippen LogP contribution in [0.3, 0.4) is 0 Å². The van der Waals surface area contributed by atoms with Crippen molar-refractivity contribution in [2.45, 2.75) is 38.3 Å². The molecule has 1 amide bonds. The van der Waals surface area contributed by atoms with Gasteiger partial charge in [-0.25, -0.2) is 0 Å². The van der Waals surface area contributed by atoms with Crippen LogP contribution >= 0.6 is 11.6 Å². The van der Waals surface area contributed by atoms with E-state index in [1.54, 1.807) is 0 Å². The molecule has 0 aliphatic carbocycles. The summed E-state index contributed by atoms with van der Waals surface area (Å²) in [6.45, 7) is 1.52. The molecule has 1 saturated heterocycles. The number of hydrogen-bond acceptors (Lipinski definition) is 3. The first kappa shape index (κ1) is 15.3. The van der Waals surface area contributed by atoms with Gasteiger partial charge in [-0.1, -0.05) is 30.7 Å². The molecule has 3 atom stereocenters. The van der Waals surface area contributed by atoms with Gasteiger partial charge >= 0.3 is 0 Å². The van der Waals surface area contributed by atoms with E-state index in [1.165, 1.54) is 0 Å². The van der Waals surface area contributed by atoms with Crippen molar-refractivity contribution >= 4 is 17.5 Å². The van der Waals surface area contributed by atoms with Gasteiger partial charge in [0, 0.05) is 10.4 Å². The Hall–Kier alpha value is -1.10. The molecule has 1 aliphatic heterocycles. The van der Waals surface area contributed by atoms with Crippen molar-refractivity contribution in [3.63, 3.8) is 0 Å². The summed E-state index contributed by atoms with van der Waals surface area (Å²) in [6, 6.07) is 7.44. The molecule has 2 unspecified atom stereocenters. The van der Waals surface area contributed by atoms with Crippen molar-refractivity contribution < 1.29 is 15.0 Å². The highest BCUT2D eigenvalue weighted by atomic mass is 35.5. The number of aliphatic hydroxyl groups excluding tert-OH is 2. The summed E-state index contributed by atoms with van der Waals surface area (Å²) in [5.74, 6) is -0.0730. The number of rotatable bonds is 4. The molecule has 5 heteroatoms. The molecular formula is C15H20ClNO3. The fourth-order valence-electron chi connectivity index (χ4n) is 2.71. The number of halogens is 1. The maximum absolute atomic E-state index is 12.3. The Morgan fingerprint density at radius 3 is 2.65 bits per heavy atom. The van der Waals surface area contributed by atoms with E-state index < -0.39 is 11.5 Å². The van der Waals surface area contributed by atoms with Crippen LogP contribution in [0.5, 0.6) is 0 Å². The number of benzene rings is 1. The minimum absolute atomic E-state index is 0.0147. The third kappa shape index (κ3) is 3.32. The highest BCUT2D eigenvalue weighted by Crippen LogP contribution is 2.38. The van der Waals surface area contributed by atoms with Crippen LogP contribution in [0.1, 0.15) is 37.8 Å². The minimum atomic E-state index is -0.849. The van der Waals surface area contributed by atoms with Gasteiger partial charge in [0.15, 0.2) is 0 Å². The summed E-state index contributed by atoms with van der Waals surface area (Å²) >= 11 is 5.86. The van der Waals surface area contributed by atoms with Gasteiger partial charge in [-0.3, -0.25) is 4.79 Å². The summed E-state index contributed by atoms with van der Waals surface area (Å²) in [5, 5.41) is 22.2. The second kappa shape index (κ2) is 6.12. The van der Waals surface area contributed by atoms with Crippen LogP contribution in [0.2, 0.25) is 5.02 Å². The number of amides is 1. The van der Waals surface area contributed by atoms with Crippen molar-refractivity contribution in [3.05, 3.63) is 34.9 Å². The van der Waals surface area contributed by atoms with Crippen molar-refractivity contribution in [1.29, 1.82) is 0 Å². The van der Waals surface area contributed by atoms with Gasteiger partial charge < -0.3 is 15.5 Å². The molecule has 4 nitrogen and oxygen atoms in total. The van der Waals surface area contributed by atoms with Crippen LogP contribution < -0.4 is 5.32 Å². The predicted molar refractivity (Wildman–Crippen MR) is 77.4 cm³/mol. The Balaban J connectivity index is 2.05. The monoisotopic (exact) mass is 297 g/mol. The minimum Gasteiger partial charge on any atom is -0.394 e. The number of aliphatic hydroxyl groups is 2. The molecule has 0 spiro atoms. The van der Waals surface area contributed by atoms with Crippen LogP contribution in [0.25, 0.3) is 0 Å². The second-order valence-corrected chi connectivity index (χ2v) is 6.15. The fourth-order valence-corrected chi connectivity index (χ4v) is 2.83. The number of hydrogen-bond donors (Lipinski definition) is 3. The quantitative estimate of drug-likeness (QED) is 0.796. The molecular weight excluding hydrogens is 278 g/mol. The maximum Gasteiger partial charge on any atom is 0.226 e. The first-order valence-corrected chi connectivity index (χ1v) is 7.18. The van der Waals surface area contributed by atoms with Gasteiger partial charge in [0.25, 0.3) is 0 Å². The van der Waals surface area contributed by atoms with Crippen LogP contribution in [-0.2, 0) is 4.79 Å². The number of carbonyl (C=O) groups excluding carboxylic acids is 1. The second-order valence-electron chi connectivity index (χ2n) is 5.72. The average Bonchev–Trinajstić information content (AvgIpc) is 2.43. The third-order valence-electron chi connectivity index (χ3n) is 4.01. The van der Waals surface area contributed by atoms with E-state index in [4.69, 9.17) is 16.7 Å². The Labute approximate surface area is 123 Å². The summed E-state index contributed by atoms with van der Waals surface area (Å²) in [5.41, 5.74) is 0.415. The molecule has 1 heterocycles. The molecule has 2 rings (SSSR count). The maximum atomic E-state index is 12.3. The van der Waals surface area contributed by atoms with Crippen molar-refractivity contribution in [1.82, 2.24) is 5.32 Å². The zero-order chi connectivity index (χ0) is 14.8. The predicted octanol–water partition coefficient (Wildman–Crippen LogP) is 2.04. The third-order valence-corrected chi connectivity index (χ3v) is 4.26. The standard InChI is InChI=1S/C15H20ClNO3/c1-15(8-12(19)9-18)7-6-13(17-14(15)20)10-2-4-11(16)5-3-10/h2-5,12-13,18-19H,6-9H2,1H3,(H,17,20)/t12?,13?,15-/m1/s1. The smallest absolute Gasteiger partial charge is 0.226 e. The molecule has 110 valence electrons. The van der Waals surface area contributed by atoms with Crippen LogP contribution in [0, 0.1) is 5.41 Å². The lowest BCUT2D eigenvalue weighted by Crippen LogP contribution is -2.47. The number of piperidine rings is 1. The van der Waals surface area contributed by atoms with Gasteiger partial charge in [0.2, 0.25) is 5.91 Å². The topological polar surface area (TPSA) is 69.6 Å². The zero-order valence-electron chi connectivity index (χ0n) is 11.5. The van der Waals surface area contributed by atoms with Gasteiger partial charge in [-0.05, 0) is 37.0 Å². The number of nitrogens with one attached hydrogen (secondary N) is 1. The Kier molecular flexibility index (Phi) is 4.68. The highest BCUT2D eigenvalue weighted by molar-refractivity contribution is 6.30. The molecule has 1 aromatic carbocycles. The van der Waals surface area contributed by atoms with Gasteiger partial charge in [0.1, 0.15) is 0 Å². The molecule has 20 heavy (non-hydrogen) atoms. The highest BCUT2D eigenvalue weighted by Gasteiger charge is 2.40. The van der Waals surface area contributed by atoms with Gasteiger partial charge in [0.05, 0.1) is 18.8 Å². The summed E-state index contributed by atoms with van der Waals surface area (Å²) in [6.07, 6.45) is 0.922. The lowest BCUT2D eigenvalue weighted by molar-refractivity contribution is -0.136. The fraction of sp³-hybridized carbons (Fsp3) is 0.533.